The first-order valence-electron chi connectivity index (χ1n) is 5.59. The quantitative estimate of drug-likeness (QED) is 0.946. The summed E-state index contributed by atoms with van der Waals surface area (Å²) in [6, 6.07) is 7.52. The van der Waals surface area contributed by atoms with E-state index in [4.69, 9.17) is 0 Å². The summed E-state index contributed by atoms with van der Waals surface area (Å²) in [7, 11) is 1.85. The van der Waals surface area contributed by atoms with E-state index in [0.717, 1.165) is 15.7 Å². The van der Waals surface area contributed by atoms with Gasteiger partial charge in [0.15, 0.2) is 0 Å². The molecule has 0 aliphatic heterocycles. The van der Waals surface area contributed by atoms with Gasteiger partial charge in [0.05, 0.1) is 22.9 Å². The Hall–Kier alpha value is -1.62. The van der Waals surface area contributed by atoms with Crippen LogP contribution in [-0.4, -0.2) is 15.7 Å². The van der Waals surface area contributed by atoms with Gasteiger partial charge in [-0.1, -0.05) is 17.7 Å². The lowest BCUT2D eigenvalue weighted by molar-refractivity contribution is 0.0950. The molecule has 1 amide bonds. The van der Waals surface area contributed by atoms with E-state index in [1.807, 2.05) is 32.2 Å². The van der Waals surface area contributed by atoms with Crippen molar-refractivity contribution >= 4 is 21.8 Å². The maximum atomic E-state index is 12.0. The van der Waals surface area contributed by atoms with Crippen LogP contribution in [0.15, 0.2) is 34.9 Å². The van der Waals surface area contributed by atoms with Crippen molar-refractivity contribution in [3.8, 4) is 0 Å². The molecule has 2 aromatic rings. The van der Waals surface area contributed by atoms with Crippen LogP contribution in [-0.2, 0) is 13.6 Å². The van der Waals surface area contributed by atoms with Gasteiger partial charge >= 0.3 is 0 Å². The van der Waals surface area contributed by atoms with Gasteiger partial charge in [0.1, 0.15) is 0 Å². The summed E-state index contributed by atoms with van der Waals surface area (Å²) < 4.78 is 2.63. The molecule has 0 aliphatic carbocycles. The molecule has 0 spiro atoms. The molecule has 0 radical (unpaired) electrons. The first-order chi connectivity index (χ1) is 8.58. The van der Waals surface area contributed by atoms with Gasteiger partial charge in [-0.2, -0.15) is 5.10 Å². The average Bonchev–Trinajstić information content (AvgIpc) is 2.66. The van der Waals surface area contributed by atoms with Crippen LogP contribution in [0, 0.1) is 6.92 Å². The predicted molar refractivity (Wildman–Crippen MR) is 73.3 cm³/mol. The second-order valence-corrected chi connectivity index (χ2v) is 4.97. The summed E-state index contributed by atoms with van der Waals surface area (Å²) in [5, 5.41) is 6.98. The molecule has 4 nitrogen and oxygen atoms in total. The minimum atomic E-state index is -0.0770. The lowest BCUT2D eigenvalue weighted by atomic mass is 10.1. The Kier molecular flexibility index (Phi) is 3.81. The van der Waals surface area contributed by atoms with Crippen molar-refractivity contribution in [2.75, 3.05) is 0 Å². The minimum absolute atomic E-state index is 0.0770. The van der Waals surface area contributed by atoms with Gasteiger partial charge in [0.25, 0.3) is 5.91 Å². The fourth-order valence-corrected chi connectivity index (χ4v) is 2.18. The highest BCUT2D eigenvalue weighted by atomic mass is 79.9. The fourth-order valence-electron chi connectivity index (χ4n) is 1.69. The van der Waals surface area contributed by atoms with Crippen LogP contribution in [0.4, 0.5) is 0 Å². The monoisotopic (exact) mass is 307 g/mol. The van der Waals surface area contributed by atoms with Crippen molar-refractivity contribution in [1.82, 2.24) is 15.1 Å². The van der Waals surface area contributed by atoms with Crippen LogP contribution >= 0.6 is 15.9 Å². The van der Waals surface area contributed by atoms with Crippen LogP contribution in [0.1, 0.15) is 21.6 Å². The maximum Gasteiger partial charge on any atom is 0.251 e. The lowest BCUT2D eigenvalue weighted by Crippen LogP contribution is -2.24. The standard InChI is InChI=1S/C13H14BrN3O/c1-9-4-3-5-10(6-9)13(18)15-8-12-11(14)7-16-17(12)2/h3-7H,8H2,1-2H3,(H,15,18). The van der Waals surface area contributed by atoms with E-state index in [-0.39, 0.29) is 5.91 Å². The predicted octanol–water partition coefficient (Wildman–Crippen LogP) is 2.42. The topological polar surface area (TPSA) is 46.9 Å². The molecule has 1 heterocycles. The van der Waals surface area contributed by atoms with Crippen LogP contribution in [0.25, 0.3) is 0 Å². The first kappa shape index (κ1) is 12.8. The number of carbonyl (C=O) groups excluding carboxylic acids is 1. The number of aryl methyl sites for hydroxylation is 2. The van der Waals surface area contributed by atoms with Crippen molar-refractivity contribution in [1.29, 1.82) is 0 Å². The zero-order valence-electron chi connectivity index (χ0n) is 10.3. The molecule has 2 rings (SSSR count). The van der Waals surface area contributed by atoms with E-state index in [0.29, 0.717) is 12.1 Å². The number of nitrogens with zero attached hydrogens (tertiary/aromatic N) is 2. The number of halogens is 1. The van der Waals surface area contributed by atoms with E-state index in [2.05, 4.69) is 26.3 Å². The molecule has 1 aromatic carbocycles. The second-order valence-electron chi connectivity index (χ2n) is 4.11. The normalized spacial score (nSPS) is 10.4. The van der Waals surface area contributed by atoms with Crippen molar-refractivity contribution in [3.63, 3.8) is 0 Å². The Labute approximate surface area is 114 Å². The Bertz CT molecular complexity index is 558. The molecule has 0 saturated carbocycles. The number of benzene rings is 1. The van der Waals surface area contributed by atoms with Crippen molar-refractivity contribution < 1.29 is 4.79 Å². The van der Waals surface area contributed by atoms with Gasteiger partial charge < -0.3 is 5.32 Å². The van der Waals surface area contributed by atoms with Crippen molar-refractivity contribution in [3.05, 3.63) is 51.8 Å². The van der Waals surface area contributed by atoms with Gasteiger partial charge in [-0.3, -0.25) is 9.48 Å². The van der Waals surface area contributed by atoms with E-state index in [9.17, 15) is 4.79 Å². The van der Waals surface area contributed by atoms with Gasteiger partial charge in [-0.15, -0.1) is 0 Å². The number of carbonyl (C=O) groups is 1. The van der Waals surface area contributed by atoms with Crippen molar-refractivity contribution in [2.45, 2.75) is 13.5 Å². The molecule has 1 aromatic heterocycles. The zero-order valence-corrected chi connectivity index (χ0v) is 11.9. The molecule has 0 bridgehead atoms. The van der Waals surface area contributed by atoms with Crippen LogP contribution in [0.2, 0.25) is 0 Å². The third-order valence-electron chi connectivity index (χ3n) is 2.71. The Morgan fingerprint density at radius 1 is 1.50 bits per heavy atom. The van der Waals surface area contributed by atoms with Gasteiger partial charge in [-0.05, 0) is 35.0 Å². The Morgan fingerprint density at radius 2 is 2.28 bits per heavy atom. The fraction of sp³-hybridized carbons (Fsp3) is 0.231. The van der Waals surface area contributed by atoms with Crippen molar-refractivity contribution in [2.24, 2.45) is 7.05 Å². The molecule has 0 saturated heterocycles. The van der Waals surface area contributed by atoms with Gasteiger partial charge in [-0.25, -0.2) is 0 Å². The minimum Gasteiger partial charge on any atom is -0.346 e. The van der Waals surface area contributed by atoms with Crippen LogP contribution in [0.5, 0.6) is 0 Å². The SMILES string of the molecule is Cc1cccc(C(=O)NCc2c(Br)cnn2C)c1. The maximum absolute atomic E-state index is 12.0. The van der Waals surface area contributed by atoms with Crippen LogP contribution in [0.3, 0.4) is 0 Å². The highest BCUT2D eigenvalue weighted by Gasteiger charge is 2.09. The number of hydrogen-bond acceptors (Lipinski definition) is 2. The third-order valence-corrected chi connectivity index (χ3v) is 3.37. The lowest BCUT2D eigenvalue weighted by Gasteiger charge is -2.07. The Morgan fingerprint density at radius 3 is 2.89 bits per heavy atom. The molecule has 0 unspecified atom stereocenters. The van der Waals surface area contributed by atoms with E-state index >= 15 is 0 Å². The smallest absolute Gasteiger partial charge is 0.251 e. The van der Waals surface area contributed by atoms with Gasteiger partial charge in [0.2, 0.25) is 0 Å². The summed E-state index contributed by atoms with van der Waals surface area (Å²) in [6.45, 7) is 2.42. The van der Waals surface area contributed by atoms with Gasteiger partial charge in [0, 0.05) is 12.6 Å². The summed E-state index contributed by atoms with van der Waals surface area (Å²) in [5.74, 6) is -0.0770. The molecule has 94 valence electrons. The van der Waals surface area contributed by atoms with Crippen LogP contribution < -0.4 is 5.32 Å². The number of nitrogens with one attached hydrogen (secondary N) is 1. The molecule has 0 fully saturated rings. The molecular formula is C13H14BrN3O. The summed E-state index contributed by atoms with van der Waals surface area (Å²) in [5.41, 5.74) is 2.69. The summed E-state index contributed by atoms with van der Waals surface area (Å²) in [4.78, 5) is 12.0. The molecule has 1 N–H and O–H groups in total. The highest BCUT2D eigenvalue weighted by Crippen LogP contribution is 2.14. The third kappa shape index (κ3) is 2.79. The zero-order chi connectivity index (χ0) is 13.1. The summed E-state index contributed by atoms with van der Waals surface area (Å²) in [6.07, 6.45) is 1.72. The number of amides is 1. The molecule has 5 heteroatoms. The molecule has 18 heavy (non-hydrogen) atoms. The van der Waals surface area contributed by atoms with E-state index < -0.39 is 0 Å². The first-order valence-corrected chi connectivity index (χ1v) is 6.38. The van der Waals surface area contributed by atoms with E-state index in [1.54, 1.807) is 16.9 Å². The largest absolute Gasteiger partial charge is 0.346 e. The summed E-state index contributed by atoms with van der Waals surface area (Å²) >= 11 is 3.40. The molecular weight excluding hydrogens is 294 g/mol. The number of rotatable bonds is 3. The second kappa shape index (κ2) is 5.35. The highest BCUT2D eigenvalue weighted by molar-refractivity contribution is 9.10. The number of aromatic nitrogens is 2. The molecule has 0 atom stereocenters. The average molecular weight is 308 g/mol. The Balaban J connectivity index is 2.05. The number of hydrogen-bond donors (Lipinski definition) is 1. The molecule has 0 aliphatic rings. The van der Waals surface area contributed by atoms with E-state index in [1.165, 1.54) is 0 Å².